The van der Waals surface area contributed by atoms with Crippen molar-refractivity contribution in [2.75, 3.05) is 13.2 Å². The molecule has 1 unspecified atom stereocenters. The fourth-order valence-corrected chi connectivity index (χ4v) is 1.10. The van der Waals surface area contributed by atoms with Gasteiger partial charge in [0.1, 0.15) is 23.9 Å². The van der Waals surface area contributed by atoms with Gasteiger partial charge in [-0.1, -0.05) is 0 Å². The van der Waals surface area contributed by atoms with Gasteiger partial charge in [0.2, 0.25) is 0 Å². The van der Waals surface area contributed by atoms with Crippen LogP contribution in [0.2, 0.25) is 0 Å². The zero-order valence-electron chi connectivity index (χ0n) is 11.5. The maximum atomic E-state index is 11.8. The van der Waals surface area contributed by atoms with Gasteiger partial charge in [0.15, 0.2) is 0 Å². The monoisotopic (exact) mass is 284 g/mol. The minimum absolute atomic E-state index is 0.253. The Hall–Kier alpha value is -1.11. The Morgan fingerprint density at radius 1 is 1.16 bits per heavy atom. The minimum Gasteiger partial charge on any atom is -0.459 e. The highest BCUT2D eigenvalue weighted by molar-refractivity contribution is 5.98. The van der Waals surface area contributed by atoms with Gasteiger partial charge in [-0.05, 0) is 27.7 Å². The van der Waals surface area contributed by atoms with Crippen LogP contribution in [0.25, 0.3) is 0 Å². The summed E-state index contributed by atoms with van der Waals surface area (Å²) >= 11 is 0. The maximum absolute atomic E-state index is 11.8. The fourth-order valence-electron chi connectivity index (χ4n) is 1.10. The Morgan fingerprint density at radius 2 is 1.68 bits per heavy atom. The molecule has 112 valence electrons. The van der Waals surface area contributed by atoms with Gasteiger partial charge in [0.05, 0.1) is 6.61 Å². The molecular formula is C12H19F3O4. The van der Waals surface area contributed by atoms with E-state index >= 15 is 0 Å². The van der Waals surface area contributed by atoms with Gasteiger partial charge >= 0.3 is 12.1 Å². The predicted molar refractivity (Wildman–Crippen MR) is 61.5 cm³/mol. The van der Waals surface area contributed by atoms with Crippen LogP contribution in [0.4, 0.5) is 13.2 Å². The van der Waals surface area contributed by atoms with E-state index in [0.29, 0.717) is 0 Å². The molecule has 0 heterocycles. The molecule has 0 fully saturated rings. The van der Waals surface area contributed by atoms with Crippen molar-refractivity contribution >= 4 is 11.8 Å². The van der Waals surface area contributed by atoms with Gasteiger partial charge in [-0.15, -0.1) is 0 Å². The van der Waals surface area contributed by atoms with Crippen LogP contribution in [0.15, 0.2) is 0 Å². The van der Waals surface area contributed by atoms with Gasteiger partial charge in [-0.2, -0.15) is 13.2 Å². The number of hydrogen-bond acceptors (Lipinski definition) is 4. The van der Waals surface area contributed by atoms with Crippen LogP contribution in [0.5, 0.6) is 0 Å². The SMILES string of the molecule is CC(C(=O)CCOCC(F)(F)F)C(=O)OC(C)(C)C. The van der Waals surface area contributed by atoms with Crippen LogP contribution >= 0.6 is 0 Å². The number of carbonyl (C=O) groups is 2. The highest BCUT2D eigenvalue weighted by atomic mass is 19.4. The maximum Gasteiger partial charge on any atom is 0.411 e. The van der Waals surface area contributed by atoms with E-state index in [2.05, 4.69) is 4.74 Å². The largest absolute Gasteiger partial charge is 0.459 e. The molecule has 19 heavy (non-hydrogen) atoms. The molecular weight excluding hydrogens is 265 g/mol. The Morgan fingerprint density at radius 3 is 2.11 bits per heavy atom. The lowest BCUT2D eigenvalue weighted by molar-refractivity contribution is -0.175. The normalized spacial score (nSPS) is 14.1. The molecule has 0 aliphatic carbocycles. The smallest absolute Gasteiger partial charge is 0.411 e. The zero-order valence-corrected chi connectivity index (χ0v) is 11.5. The second-order valence-electron chi connectivity index (χ2n) is 5.14. The number of ether oxygens (including phenoxy) is 2. The number of hydrogen-bond donors (Lipinski definition) is 0. The van der Waals surface area contributed by atoms with Crippen molar-refractivity contribution in [3.63, 3.8) is 0 Å². The molecule has 0 aliphatic rings. The van der Waals surface area contributed by atoms with E-state index in [1.807, 2.05) is 0 Å². The third-order valence-corrected chi connectivity index (χ3v) is 2.00. The topological polar surface area (TPSA) is 52.6 Å². The Balaban J connectivity index is 4.04. The molecule has 0 radical (unpaired) electrons. The van der Waals surface area contributed by atoms with Crippen molar-refractivity contribution in [1.82, 2.24) is 0 Å². The minimum atomic E-state index is -4.42. The molecule has 0 amide bonds. The zero-order chi connectivity index (χ0) is 15.3. The summed E-state index contributed by atoms with van der Waals surface area (Å²) in [6.45, 7) is 4.57. The fraction of sp³-hybridized carbons (Fsp3) is 0.833. The molecule has 0 aromatic carbocycles. The first-order valence-electron chi connectivity index (χ1n) is 5.82. The van der Waals surface area contributed by atoms with E-state index in [0.717, 1.165) is 0 Å². The van der Waals surface area contributed by atoms with Crippen molar-refractivity contribution in [2.24, 2.45) is 5.92 Å². The summed E-state index contributed by atoms with van der Waals surface area (Å²) < 4.78 is 44.6. The van der Waals surface area contributed by atoms with E-state index in [9.17, 15) is 22.8 Å². The molecule has 0 bridgehead atoms. The van der Waals surface area contributed by atoms with Crippen molar-refractivity contribution in [3.05, 3.63) is 0 Å². The molecule has 0 rings (SSSR count). The number of rotatable bonds is 6. The first-order valence-corrected chi connectivity index (χ1v) is 5.82. The Labute approximate surface area is 110 Å². The highest BCUT2D eigenvalue weighted by Gasteiger charge is 2.29. The van der Waals surface area contributed by atoms with E-state index in [1.54, 1.807) is 20.8 Å². The average Bonchev–Trinajstić information content (AvgIpc) is 2.19. The molecule has 0 saturated heterocycles. The summed E-state index contributed by atoms with van der Waals surface area (Å²) in [6, 6.07) is 0. The summed E-state index contributed by atoms with van der Waals surface area (Å²) in [6.07, 6.45) is -4.67. The molecule has 0 aliphatic heterocycles. The van der Waals surface area contributed by atoms with Crippen molar-refractivity contribution in [3.8, 4) is 0 Å². The molecule has 7 heteroatoms. The molecule has 4 nitrogen and oxygen atoms in total. The van der Waals surface area contributed by atoms with Crippen molar-refractivity contribution in [1.29, 1.82) is 0 Å². The quantitative estimate of drug-likeness (QED) is 0.427. The first-order chi connectivity index (χ1) is 8.42. The molecule has 0 saturated carbocycles. The van der Waals surface area contributed by atoms with Crippen LogP contribution in [0.3, 0.4) is 0 Å². The van der Waals surface area contributed by atoms with E-state index in [4.69, 9.17) is 4.74 Å². The van der Waals surface area contributed by atoms with E-state index in [-0.39, 0.29) is 13.0 Å². The average molecular weight is 284 g/mol. The number of halogens is 3. The number of alkyl halides is 3. The second-order valence-corrected chi connectivity index (χ2v) is 5.14. The lowest BCUT2D eigenvalue weighted by Crippen LogP contribution is -2.31. The lowest BCUT2D eigenvalue weighted by Gasteiger charge is -2.21. The predicted octanol–water partition coefficient (Wildman–Crippen LogP) is 2.50. The van der Waals surface area contributed by atoms with Crippen molar-refractivity contribution in [2.45, 2.75) is 45.9 Å². The summed E-state index contributed by atoms with van der Waals surface area (Å²) in [4.78, 5) is 23.1. The van der Waals surface area contributed by atoms with Crippen LogP contribution in [0, 0.1) is 5.92 Å². The van der Waals surface area contributed by atoms with Crippen LogP contribution in [0.1, 0.15) is 34.1 Å². The molecule has 0 aromatic rings. The number of esters is 1. The lowest BCUT2D eigenvalue weighted by atomic mass is 10.0. The van der Waals surface area contributed by atoms with Gasteiger partial charge in [-0.3, -0.25) is 9.59 Å². The third-order valence-electron chi connectivity index (χ3n) is 2.00. The molecule has 0 aromatic heterocycles. The number of ketones is 1. The van der Waals surface area contributed by atoms with Crippen molar-refractivity contribution < 1.29 is 32.2 Å². The Bertz CT molecular complexity index is 318. The van der Waals surface area contributed by atoms with Gasteiger partial charge in [-0.25, -0.2) is 0 Å². The summed E-state index contributed by atoms with van der Waals surface area (Å²) in [5.41, 5.74) is -0.710. The second kappa shape index (κ2) is 6.88. The number of carbonyl (C=O) groups excluding carboxylic acids is 2. The molecule has 0 spiro atoms. The van der Waals surface area contributed by atoms with Crippen LogP contribution in [-0.2, 0) is 19.1 Å². The van der Waals surface area contributed by atoms with Gasteiger partial charge < -0.3 is 9.47 Å². The third kappa shape index (κ3) is 9.47. The molecule has 0 N–H and O–H groups in total. The van der Waals surface area contributed by atoms with Crippen LogP contribution in [-0.4, -0.2) is 36.7 Å². The van der Waals surface area contributed by atoms with Gasteiger partial charge in [0.25, 0.3) is 0 Å². The molecule has 1 atom stereocenters. The standard InChI is InChI=1S/C12H19F3O4/c1-8(10(17)19-11(2,3)4)9(16)5-6-18-7-12(13,14)15/h8H,5-7H2,1-4H3. The van der Waals surface area contributed by atoms with Crippen LogP contribution < -0.4 is 0 Å². The first kappa shape index (κ1) is 17.9. The van der Waals surface area contributed by atoms with Gasteiger partial charge in [0, 0.05) is 6.42 Å². The Kier molecular flexibility index (Phi) is 6.48. The number of Topliss-reactive ketones (excluding diaryl/α,β-unsaturated/α-hetero) is 1. The van der Waals surface area contributed by atoms with E-state index < -0.39 is 36.1 Å². The summed E-state index contributed by atoms with van der Waals surface area (Å²) in [7, 11) is 0. The summed E-state index contributed by atoms with van der Waals surface area (Å²) in [5.74, 6) is -2.20. The summed E-state index contributed by atoms with van der Waals surface area (Å²) in [5, 5.41) is 0. The van der Waals surface area contributed by atoms with E-state index in [1.165, 1.54) is 6.92 Å². The highest BCUT2D eigenvalue weighted by Crippen LogP contribution is 2.15.